The van der Waals surface area contributed by atoms with Crippen molar-refractivity contribution in [2.24, 2.45) is 14.1 Å². The van der Waals surface area contributed by atoms with Crippen molar-refractivity contribution in [3.63, 3.8) is 0 Å². The molecule has 0 bridgehead atoms. The number of hydrogen-bond donors (Lipinski definition) is 2. The van der Waals surface area contributed by atoms with Crippen molar-refractivity contribution >= 4 is 28.7 Å². The average molecular weight is 270 g/mol. The van der Waals surface area contributed by atoms with Gasteiger partial charge in [-0.05, 0) is 0 Å². The minimum Gasteiger partial charge on any atom is -0.351 e. The Balaban J connectivity index is 2.61. The number of halogens is 1. The Hall–Kier alpha value is -2.02. The van der Waals surface area contributed by atoms with Gasteiger partial charge in [0.2, 0.25) is 5.95 Å². The van der Waals surface area contributed by atoms with E-state index >= 15 is 0 Å². The van der Waals surface area contributed by atoms with Gasteiger partial charge in [-0.2, -0.15) is 4.98 Å². The summed E-state index contributed by atoms with van der Waals surface area (Å²) in [4.78, 5) is 30.5. The molecule has 0 aromatic carbocycles. The monoisotopic (exact) mass is 269 g/mol. The van der Waals surface area contributed by atoms with Crippen LogP contribution in [-0.4, -0.2) is 25.6 Å². The summed E-state index contributed by atoms with van der Waals surface area (Å²) >= 11 is 5.62. The number of nitrogens with one attached hydrogen (secondary N) is 2. The van der Waals surface area contributed by atoms with Crippen molar-refractivity contribution in [3.05, 3.63) is 32.4 Å². The molecular weight excluding hydrogens is 258 g/mol. The molecule has 7 nitrogen and oxygen atoms in total. The second-order valence-electron chi connectivity index (χ2n) is 3.86. The molecule has 0 unspecified atom stereocenters. The Morgan fingerprint density at radius 1 is 1.44 bits per heavy atom. The molecule has 0 radical (unpaired) electrons. The molecule has 2 aromatic rings. The lowest BCUT2D eigenvalue weighted by Gasteiger charge is -2.00. The molecule has 2 aromatic heterocycles. The standard InChI is InChI=1S/C10H12ClN5O2/c1-5(11)4-12-9-13-6-7(14-9)15(2)10(18)16(3)8(6)17/h1,4H2,2-3H3,(H2,12,13,14). The SMILES string of the molecule is C=C(Cl)CNc1nc2c([nH]1)c(=O)n(C)c(=O)n2C. The van der Waals surface area contributed by atoms with Gasteiger partial charge < -0.3 is 10.3 Å². The molecule has 2 N–H and O–H groups in total. The molecule has 2 heterocycles. The van der Waals surface area contributed by atoms with Crippen LogP contribution in [0.2, 0.25) is 0 Å². The number of hydrogen-bond acceptors (Lipinski definition) is 4. The van der Waals surface area contributed by atoms with Crippen molar-refractivity contribution in [1.29, 1.82) is 0 Å². The van der Waals surface area contributed by atoms with Gasteiger partial charge in [0.15, 0.2) is 11.2 Å². The molecular formula is C10H12ClN5O2. The van der Waals surface area contributed by atoms with Crippen LogP contribution in [0.1, 0.15) is 0 Å². The first-order chi connectivity index (χ1) is 8.41. The summed E-state index contributed by atoms with van der Waals surface area (Å²) < 4.78 is 2.32. The van der Waals surface area contributed by atoms with Gasteiger partial charge in [0, 0.05) is 19.1 Å². The zero-order valence-electron chi connectivity index (χ0n) is 9.95. The number of aromatic amines is 1. The predicted molar refractivity (Wildman–Crippen MR) is 70.1 cm³/mol. The zero-order chi connectivity index (χ0) is 13.4. The lowest BCUT2D eigenvalue weighted by atomic mass is 10.5. The summed E-state index contributed by atoms with van der Waals surface area (Å²) in [6.07, 6.45) is 0. The molecule has 0 saturated carbocycles. The van der Waals surface area contributed by atoms with Crippen molar-refractivity contribution in [3.8, 4) is 0 Å². The van der Waals surface area contributed by atoms with E-state index in [1.165, 1.54) is 11.6 Å². The third-order valence-corrected chi connectivity index (χ3v) is 2.68. The average Bonchev–Trinajstić information content (AvgIpc) is 2.75. The fraction of sp³-hybridized carbons (Fsp3) is 0.300. The molecule has 0 amide bonds. The maximum atomic E-state index is 11.9. The predicted octanol–water partition coefficient (Wildman–Crippen LogP) is 0.125. The lowest BCUT2D eigenvalue weighted by Crippen LogP contribution is -2.36. The highest BCUT2D eigenvalue weighted by molar-refractivity contribution is 6.29. The number of anilines is 1. The smallest absolute Gasteiger partial charge is 0.332 e. The molecule has 8 heteroatoms. The highest BCUT2D eigenvalue weighted by Gasteiger charge is 2.12. The third kappa shape index (κ3) is 1.92. The molecule has 18 heavy (non-hydrogen) atoms. The van der Waals surface area contributed by atoms with Crippen LogP contribution in [0.15, 0.2) is 21.2 Å². The van der Waals surface area contributed by atoms with Crippen LogP contribution < -0.4 is 16.6 Å². The lowest BCUT2D eigenvalue weighted by molar-refractivity contribution is 0.709. The molecule has 0 aliphatic heterocycles. The van der Waals surface area contributed by atoms with E-state index in [1.54, 1.807) is 7.05 Å². The minimum absolute atomic E-state index is 0.266. The van der Waals surface area contributed by atoms with Gasteiger partial charge in [-0.3, -0.25) is 13.9 Å². The van der Waals surface area contributed by atoms with Gasteiger partial charge in [0.05, 0.1) is 6.54 Å². The van der Waals surface area contributed by atoms with Crippen molar-refractivity contribution < 1.29 is 0 Å². The van der Waals surface area contributed by atoms with Gasteiger partial charge in [-0.15, -0.1) is 0 Å². The van der Waals surface area contributed by atoms with E-state index in [2.05, 4.69) is 21.9 Å². The number of H-pyrrole nitrogens is 1. The minimum atomic E-state index is -0.424. The van der Waals surface area contributed by atoms with Gasteiger partial charge in [-0.1, -0.05) is 18.2 Å². The fourth-order valence-electron chi connectivity index (χ4n) is 1.59. The molecule has 0 saturated heterocycles. The van der Waals surface area contributed by atoms with E-state index in [0.29, 0.717) is 23.2 Å². The second kappa shape index (κ2) is 4.34. The Kier molecular flexibility index (Phi) is 3.00. The molecule has 0 atom stereocenters. The largest absolute Gasteiger partial charge is 0.351 e. The number of rotatable bonds is 3. The molecule has 96 valence electrons. The quantitative estimate of drug-likeness (QED) is 0.829. The Morgan fingerprint density at radius 2 is 2.11 bits per heavy atom. The van der Waals surface area contributed by atoms with E-state index < -0.39 is 11.2 Å². The van der Waals surface area contributed by atoms with E-state index in [4.69, 9.17) is 11.6 Å². The number of fused-ring (bicyclic) bond motifs is 1. The van der Waals surface area contributed by atoms with Crippen LogP contribution in [0.25, 0.3) is 11.2 Å². The molecule has 0 fully saturated rings. The highest BCUT2D eigenvalue weighted by Crippen LogP contribution is 2.09. The van der Waals surface area contributed by atoms with Crippen molar-refractivity contribution in [2.45, 2.75) is 0 Å². The van der Waals surface area contributed by atoms with Crippen molar-refractivity contribution in [2.75, 3.05) is 11.9 Å². The van der Waals surface area contributed by atoms with E-state index in [-0.39, 0.29) is 5.52 Å². The number of aryl methyl sites for hydroxylation is 1. The Morgan fingerprint density at radius 3 is 2.72 bits per heavy atom. The molecule has 0 spiro atoms. The van der Waals surface area contributed by atoms with Gasteiger partial charge in [0.25, 0.3) is 5.56 Å². The summed E-state index contributed by atoms with van der Waals surface area (Å²) in [6.45, 7) is 3.84. The summed E-state index contributed by atoms with van der Waals surface area (Å²) in [6, 6.07) is 0. The van der Waals surface area contributed by atoms with Crippen LogP contribution in [0.3, 0.4) is 0 Å². The van der Waals surface area contributed by atoms with Gasteiger partial charge in [-0.25, -0.2) is 4.79 Å². The van der Waals surface area contributed by atoms with Crippen LogP contribution in [0.4, 0.5) is 5.95 Å². The zero-order valence-corrected chi connectivity index (χ0v) is 10.7. The second-order valence-corrected chi connectivity index (χ2v) is 4.40. The Labute approximate surface area is 107 Å². The summed E-state index contributed by atoms with van der Waals surface area (Å²) in [7, 11) is 2.97. The van der Waals surface area contributed by atoms with Gasteiger partial charge >= 0.3 is 5.69 Å². The third-order valence-electron chi connectivity index (χ3n) is 2.54. The molecule has 2 rings (SSSR count). The van der Waals surface area contributed by atoms with E-state index in [9.17, 15) is 9.59 Å². The summed E-state index contributed by atoms with van der Waals surface area (Å²) in [5, 5.41) is 3.28. The first kappa shape index (κ1) is 12.4. The molecule has 0 aliphatic rings. The fourth-order valence-corrected chi connectivity index (χ4v) is 1.66. The van der Waals surface area contributed by atoms with Crippen LogP contribution in [0, 0.1) is 0 Å². The topological polar surface area (TPSA) is 84.7 Å². The normalized spacial score (nSPS) is 10.8. The van der Waals surface area contributed by atoms with E-state index in [1.807, 2.05) is 0 Å². The Bertz CT molecular complexity index is 739. The summed E-state index contributed by atoms with van der Waals surface area (Å²) in [5.74, 6) is 0.366. The van der Waals surface area contributed by atoms with Crippen LogP contribution >= 0.6 is 11.6 Å². The van der Waals surface area contributed by atoms with E-state index in [0.717, 1.165) is 4.57 Å². The number of aromatic nitrogens is 4. The van der Waals surface area contributed by atoms with Crippen molar-refractivity contribution in [1.82, 2.24) is 19.1 Å². The van der Waals surface area contributed by atoms with Gasteiger partial charge in [0.1, 0.15) is 0 Å². The number of imidazole rings is 1. The van der Waals surface area contributed by atoms with Crippen LogP contribution in [0.5, 0.6) is 0 Å². The maximum Gasteiger partial charge on any atom is 0.332 e. The molecule has 0 aliphatic carbocycles. The summed E-state index contributed by atoms with van der Waals surface area (Å²) in [5.41, 5.74) is -0.279. The number of nitrogens with zero attached hydrogens (tertiary/aromatic N) is 3. The highest BCUT2D eigenvalue weighted by atomic mass is 35.5. The van der Waals surface area contributed by atoms with Crippen LogP contribution in [-0.2, 0) is 14.1 Å². The first-order valence-corrected chi connectivity index (χ1v) is 5.52. The first-order valence-electron chi connectivity index (χ1n) is 5.14. The maximum absolute atomic E-state index is 11.9.